The summed E-state index contributed by atoms with van der Waals surface area (Å²) in [5.41, 5.74) is 1.35. The average molecular weight is 331 g/mol. The Balaban J connectivity index is 1.64. The highest BCUT2D eigenvalue weighted by Crippen LogP contribution is 2.35. The van der Waals surface area contributed by atoms with Crippen molar-refractivity contribution in [3.05, 3.63) is 26.6 Å². The van der Waals surface area contributed by atoms with Crippen molar-refractivity contribution in [2.75, 3.05) is 13.1 Å². The molecule has 5 heteroatoms. The van der Waals surface area contributed by atoms with E-state index in [-0.39, 0.29) is 5.56 Å². The van der Waals surface area contributed by atoms with E-state index in [0.29, 0.717) is 0 Å². The van der Waals surface area contributed by atoms with Crippen LogP contribution in [-0.4, -0.2) is 28.0 Å². The normalized spacial score (nSPS) is 23.3. The smallest absolute Gasteiger partial charge is 0.259 e. The molecule has 2 aromatic heterocycles. The van der Waals surface area contributed by atoms with Crippen LogP contribution in [0.1, 0.15) is 49.4 Å². The standard InChI is InChI=1S/C18H25N3OS/c1-11-5-7-21(8-6-11)10-15-19-17(22)16-13-4-3-12(2)9-14(13)23-18(16)20-15/h11-12H,3-10H2,1-2H3,(H,19,20,22)/t12-/m1/s1. The molecule has 0 amide bonds. The Hall–Kier alpha value is -1.20. The van der Waals surface area contributed by atoms with Gasteiger partial charge >= 0.3 is 0 Å². The quantitative estimate of drug-likeness (QED) is 0.918. The van der Waals surface area contributed by atoms with Gasteiger partial charge in [-0.05, 0) is 62.6 Å². The fourth-order valence-corrected chi connectivity index (χ4v) is 5.30. The van der Waals surface area contributed by atoms with Crippen molar-refractivity contribution in [2.24, 2.45) is 11.8 Å². The lowest BCUT2D eigenvalue weighted by atomic mass is 9.89. The SMILES string of the molecule is CC1CCN(Cc2nc3sc4c(c3c(=O)[nH]2)CC[C@@H](C)C4)CC1. The zero-order valence-corrected chi connectivity index (χ0v) is 14.8. The Labute approximate surface area is 140 Å². The molecule has 1 aliphatic carbocycles. The molecule has 124 valence electrons. The first-order valence-electron chi connectivity index (χ1n) is 8.86. The molecule has 0 radical (unpaired) electrons. The first-order chi connectivity index (χ1) is 11.1. The van der Waals surface area contributed by atoms with Gasteiger partial charge in [-0.25, -0.2) is 4.98 Å². The molecule has 0 saturated carbocycles. The molecular formula is C18H25N3OS. The number of nitrogens with one attached hydrogen (secondary N) is 1. The second kappa shape index (κ2) is 6.02. The fraction of sp³-hybridized carbons (Fsp3) is 0.667. The highest BCUT2D eigenvalue weighted by atomic mass is 32.1. The van der Waals surface area contributed by atoms with Crippen molar-refractivity contribution in [2.45, 2.75) is 52.5 Å². The summed E-state index contributed by atoms with van der Waals surface area (Å²) in [5, 5.41) is 0.868. The van der Waals surface area contributed by atoms with Crippen LogP contribution in [0.15, 0.2) is 4.79 Å². The molecule has 1 saturated heterocycles. The highest BCUT2D eigenvalue weighted by Gasteiger charge is 2.23. The lowest BCUT2D eigenvalue weighted by Gasteiger charge is -2.29. The largest absolute Gasteiger partial charge is 0.309 e. The molecule has 2 aliphatic rings. The van der Waals surface area contributed by atoms with Gasteiger partial charge in [-0.3, -0.25) is 9.69 Å². The first kappa shape index (κ1) is 15.3. The van der Waals surface area contributed by atoms with Crippen LogP contribution < -0.4 is 5.56 Å². The van der Waals surface area contributed by atoms with Crippen molar-refractivity contribution in [1.29, 1.82) is 0 Å². The number of hydrogen-bond acceptors (Lipinski definition) is 4. The topological polar surface area (TPSA) is 49.0 Å². The fourth-order valence-electron chi connectivity index (χ4n) is 3.90. The summed E-state index contributed by atoms with van der Waals surface area (Å²) in [5.74, 6) is 2.39. The molecular weight excluding hydrogens is 306 g/mol. The molecule has 2 aromatic rings. The molecule has 1 fully saturated rings. The molecule has 1 aliphatic heterocycles. The Kier molecular flexibility index (Phi) is 4.01. The van der Waals surface area contributed by atoms with Gasteiger partial charge in [0.05, 0.1) is 11.9 Å². The number of fused-ring (bicyclic) bond motifs is 3. The number of hydrogen-bond donors (Lipinski definition) is 1. The van der Waals surface area contributed by atoms with Crippen LogP contribution >= 0.6 is 11.3 Å². The Morgan fingerprint density at radius 1 is 1.22 bits per heavy atom. The van der Waals surface area contributed by atoms with E-state index >= 15 is 0 Å². The molecule has 4 rings (SSSR count). The predicted molar refractivity (Wildman–Crippen MR) is 95.1 cm³/mol. The van der Waals surface area contributed by atoms with Crippen molar-refractivity contribution in [3.8, 4) is 0 Å². The minimum atomic E-state index is 0.0717. The maximum absolute atomic E-state index is 12.6. The second-order valence-corrected chi connectivity index (χ2v) is 8.59. The van der Waals surface area contributed by atoms with Crippen molar-refractivity contribution in [3.63, 3.8) is 0 Å². The minimum absolute atomic E-state index is 0.0717. The average Bonchev–Trinajstić information content (AvgIpc) is 2.87. The summed E-state index contributed by atoms with van der Waals surface area (Å²) >= 11 is 1.74. The number of aromatic nitrogens is 2. The minimum Gasteiger partial charge on any atom is -0.309 e. The second-order valence-electron chi connectivity index (χ2n) is 7.50. The molecule has 4 nitrogen and oxygen atoms in total. The van der Waals surface area contributed by atoms with Crippen LogP contribution in [-0.2, 0) is 19.4 Å². The van der Waals surface area contributed by atoms with Gasteiger partial charge < -0.3 is 4.98 Å². The molecule has 1 atom stereocenters. The summed E-state index contributed by atoms with van der Waals surface area (Å²) in [7, 11) is 0. The number of nitrogens with zero attached hydrogens (tertiary/aromatic N) is 2. The van der Waals surface area contributed by atoms with Crippen LogP contribution in [0.25, 0.3) is 10.2 Å². The Morgan fingerprint density at radius 3 is 2.78 bits per heavy atom. The van der Waals surface area contributed by atoms with Crippen LogP contribution in [0.5, 0.6) is 0 Å². The van der Waals surface area contributed by atoms with E-state index < -0.39 is 0 Å². The number of thiophene rings is 1. The molecule has 23 heavy (non-hydrogen) atoms. The summed E-state index contributed by atoms with van der Waals surface area (Å²) < 4.78 is 0. The highest BCUT2D eigenvalue weighted by molar-refractivity contribution is 7.18. The van der Waals surface area contributed by atoms with E-state index in [1.54, 1.807) is 11.3 Å². The zero-order chi connectivity index (χ0) is 16.0. The van der Waals surface area contributed by atoms with E-state index in [4.69, 9.17) is 4.98 Å². The summed E-state index contributed by atoms with van der Waals surface area (Å²) in [6.45, 7) is 7.62. The maximum Gasteiger partial charge on any atom is 0.259 e. The third kappa shape index (κ3) is 2.96. The molecule has 0 bridgehead atoms. The van der Waals surface area contributed by atoms with Gasteiger partial charge in [0.1, 0.15) is 10.7 Å². The lowest BCUT2D eigenvalue weighted by Crippen LogP contribution is -2.33. The van der Waals surface area contributed by atoms with Crippen molar-refractivity contribution >= 4 is 21.6 Å². The number of aryl methyl sites for hydroxylation is 1. The number of H-pyrrole nitrogens is 1. The number of likely N-dealkylation sites (tertiary alicyclic amines) is 1. The van der Waals surface area contributed by atoms with Crippen molar-refractivity contribution < 1.29 is 0 Å². The first-order valence-corrected chi connectivity index (χ1v) is 9.67. The van der Waals surface area contributed by atoms with Crippen LogP contribution in [0.3, 0.4) is 0 Å². The third-order valence-corrected chi connectivity index (χ3v) is 6.61. The van der Waals surface area contributed by atoms with Gasteiger partial charge in [-0.2, -0.15) is 0 Å². The van der Waals surface area contributed by atoms with Gasteiger partial charge in [-0.1, -0.05) is 13.8 Å². The van der Waals surface area contributed by atoms with Gasteiger partial charge in [0.15, 0.2) is 0 Å². The monoisotopic (exact) mass is 331 g/mol. The van der Waals surface area contributed by atoms with Crippen molar-refractivity contribution in [1.82, 2.24) is 14.9 Å². The van der Waals surface area contributed by atoms with Gasteiger partial charge in [-0.15, -0.1) is 11.3 Å². The van der Waals surface area contributed by atoms with Gasteiger partial charge in [0.25, 0.3) is 5.56 Å². The van der Waals surface area contributed by atoms with E-state index in [1.807, 2.05) is 0 Å². The Morgan fingerprint density at radius 2 is 2.00 bits per heavy atom. The number of piperidine rings is 1. The predicted octanol–water partition coefficient (Wildman–Crippen LogP) is 3.34. The third-order valence-electron chi connectivity index (χ3n) is 5.46. The molecule has 0 unspecified atom stereocenters. The number of aromatic amines is 1. The van der Waals surface area contributed by atoms with E-state index in [2.05, 4.69) is 23.7 Å². The summed E-state index contributed by atoms with van der Waals surface area (Å²) in [4.78, 5) is 25.2. The number of rotatable bonds is 2. The molecule has 3 heterocycles. The summed E-state index contributed by atoms with van der Waals surface area (Å²) in [6.07, 6.45) is 5.82. The lowest BCUT2D eigenvalue weighted by molar-refractivity contribution is 0.181. The molecule has 0 spiro atoms. The maximum atomic E-state index is 12.6. The van der Waals surface area contributed by atoms with Crippen LogP contribution in [0.4, 0.5) is 0 Å². The van der Waals surface area contributed by atoms with Gasteiger partial charge in [0, 0.05) is 4.88 Å². The molecule has 0 aromatic carbocycles. The van der Waals surface area contributed by atoms with E-state index in [1.165, 1.54) is 29.7 Å². The van der Waals surface area contributed by atoms with E-state index in [9.17, 15) is 4.79 Å². The van der Waals surface area contributed by atoms with Gasteiger partial charge in [0.2, 0.25) is 0 Å². The van der Waals surface area contributed by atoms with Crippen LogP contribution in [0, 0.1) is 11.8 Å². The molecule has 1 N–H and O–H groups in total. The summed E-state index contributed by atoms with van der Waals surface area (Å²) in [6, 6.07) is 0. The van der Waals surface area contributed by atoms with E-state index in [0.717, 1.165) is 60.4 Å². The zero-order valence-electron chi connectivity index (χ0n) is 14.0. The van der Waals surface area contributed by atoms with Crippen LogP contribution in [0.2, 0.25) is 0 Å². The Bertz CT molecular complexity index is 770.